The lowest BCUT2D eigenvalue weighted by Crippen LogP contribution is -2.36. The van der Waals surface area contributed by atoms with Gasteiger partial charge in [0.25, 0.3) is 0 Å². The van der Waals surface area contributed by atoms with Gasteiger partial charge in [0.05, 0.1) is 0 Å². The Kier molecular flexibility index (Phi) is 3.65. The van der Waals surface area contributed by atoms with E-state index in [9.17, 15) is 14.4 Å². The summed E-state index contributed by atoms with van der Waals surface area (Å²) in [4.78, 5) is 35.4. The second-order valence-corrected chi connectivity index (χ2v) is 3.43. The molecule has 6 heteroatoms. The first kappa shape index (κ1) is 11.5. The number of imide groups is 1. The summed E-state index contributed by atoms with van der Waals surface area (Å²) in [6.07, 6.45) is 1.63. The third kappa shape index (κ3) is 2.68. The summed E-state index contributed by atoms with van der Waals surface area (Å²) in [5, 5.41) is 8.52. The average Bonchev–Trinajstić information content (AvgIpc) is 2.39. The number of amides is 3. The molecule has 1 aliphatic heterocycles. The number of carboxylic acid groups (broad SMARTS) is 1. The second-order valence-electron chi connectivity index (χ2n) is 3.43. The first-order valence-electron chi connectivity index (χ1n) is 4.87. The van der Waals surface area contributed by atoms with Gasteiger partial charge >= 0.3 is 12.0 Å². The highest BCUT2D eigenvalue weighted by molar-refractivity contribution is 6.03. The van der Waals surface area contributed by atoms with Gasteiger partial charge in [-0.1, -0.05) is 13.3 Å². The second kappa shape index (κ2) is 4.77. The monoisotopic (exact) mass is 214 g/mol. The highest BCUT2D eigenvalue weighted by Crippen LogP contribution is 2.10. The van der Waals surface area contributed by atoms with Crippen molar-refractivity contribution in [1.82, 2.24) is 9.80 Å². The molecule has 1 saturated heterocycles. The summed E-state index contributed by atoms with van der Waals surface area (Å²) in [5.74, 6) is -1.41. The molecule has 1 aliphatic rings. The zero-order valence-corrected chi connectivity index (χ0v) is 8.60. The Morgan fingerprint density at radius 2 is 2.13 bits per heavy atom. The number of carbonyl (C=O) groups excluding carboxylic acids is 2. The first-order chi connectivity index (χ1) is 7.06. The normalized spacial score (nSPS) is 16.3. The van der Waals surface area contributed by atoms with Gasteiger partial charge in [-0.25, -0.2) is 4.79 Å². The van der Waals surface area contributed by atoms with E-state index in [4.69, 9.17) is 5.11 Å². The van der Waals surface area contributed by atoms with Crippen molar-refractivity contribution in [3.63, 3.8) is 0 Å². The molecule has 0 radical (unpaired) electrons. The van der Waals surface area contributed by atoms with Crippen molar-refractivity contribution in [2.75, 3.05) is 19.6 Å². The Bertz CT molecular complexity index is 290. The van der Waals surface area contributed by atoms with Crippen molar-refractivity contribution < 1.29 is 19.5 Å². The number of rotatable bonds is 5. The summed E-state index contributed by atoms with van der Waals surface area (Å²) >= 11 is 0. The van der Waals surface area contributed by atoms with Gasteiger partial charge in [-0.3, -0.25) is 14.5 Å². The zero-order chi connectivity index (χ0) is 11.4. The van der Waals surface area contributed by atoms with E-state index in [-0.39, 0.29) is 12.5 Å². The molecular formula is C9H14N2O4. The molecule has 0 atom stereocenters. The quantitative estimate of drug-likeness (QED) is 0.660. The van der Waals surface area contributed by atoms with Gasteiger partial charge in [-0.05, 0) is 6.42 Å². The van der Waals surface area contributed by atoms with Crippen LogP contribution in [0.1, 0.15) is 19.8 Å². The molecule has 1 rings (SSSR count). The Balaban J connectivity index is 2.58. The number of aliphatic carboxylic acids is 1. The minimum absolute atomic E-state index is 0.116. The van der Waals surface area contributed by atoms with Gasteiger partial charge < -0.3 is 10.0 Å². The number of urea groups is 1. The van der Waals surface area contributed by atoms with E-state index in [0.717, 1.165) is 22.6 Å². The molecule has 84 valence electrons. The third-order valence-electron chi connectivity index (χ3n) is 2.19. The van der Waals surface area contributed by atoms with E-state index in [1.54, 1.807) is 0 Å². The van der Waals surface area contributed by atoms with E-state index in [0.29, 0.717) is 6.54 Å². The van der Waals surface area contributed by atoms with Crippen LogP contribution in [-0.2, 0) is 9.59 Å². The van der Waals surface area contributed by atoms with Crippen LogP contribution in [0.2, 0.25) is 0 Å². The number of hydrogen-bond acceptors (Lipinski definition) is 3. The standard InChI is InChI=1S/C9H14N2O4/c1-2-3-4-11-7(12)5-10(9(11)15)6-8(13)14/h2-6H2,1H3,(H,13,14). The molecule has 0 unspecified atom stereocenters. The van der Waals surface area contributed by atoms with Crippen molar-refractivity contribution in [3.8, 4) is 0 Å². The lowest BCUT2D eigenvalue weighted by molar-refractivity contribution is -0.137. The molecule has 0 aromatic rings. The molecule has 0 aromatic heterocycles. The number of hydrogen-bond donors (Lipinski definition) is 1. The maximum Gasteiger partial charge on any atom is 0.327 e. The smallest absolute Gasteiger partial charge is 0.327 e. The van der Waals surface area contributed by atoms with Crippen molar-refractivity contribution in [1.29, 1.82) is 0 Å². The van der Waals surface area contributed by atoms with Crippen LogP contribution in [-0.4, -0.2) is 52.4 Å². The molecule has 1 heterocycles. The fourth-order valence-electron chi connectivity index (χ4n) is 1.42. The fraction of sp³-hybridized carbons (Fsp3) is 0.667. The Hall–Kier alpha value is -1.59. The molecule has 1 fully saturated rings. The van der Waals surface area contributed by atoms with Gasteiger partial charge in [0.15, 0.2) is 0 Å². The molecule has 3 amide bonds. The summed E-state index contributed by atoms with van der Waals surface area (Å²) in [6, 6.07) is -0.490. The van der Waals surface area contributed by atoms with Crippen molar-refractivity contribution in [2.24, 2.45) is 0 Å². The minimum atomic E-state index is -1.10. The summed E-state index contributed by atoms with van der Waals surface area (Å²) < 4.78 is 0. The Morgan fingerprint density at radius 3 is 2.67 bits per heavy atom. The molecule has 15 heavy (non-hydrogen) atoms. The van der Waals surface area contributed by atoms with E-state index in [2.05, 4.69) is 0 Å². The van der Waals surface area contributed by atoms with Gasteiger partial charge in [-0.15, -0.1) is 0 Å². The van der Waals surface area contributed by atoms with Crippen LogP contribution in [0, 0.1) is 0 Å². The van der Waals surface area contributed by atoms with Crippen LogP contribution in [0.4, 0.5) is 4.79 Å². The molecule has 0 bridgehead atoms. The maximum atomic E-state index is 11.5. The molecule has 0 saturated carbocycles. The van der Waals surface area contributed by atoms with Crippen LogP contribution >= 0.6 is 0 Å². The van der Waals surface area contributed by atoms with Crippen molar-refractivity contribution in [3.05, 3.63) is 0 Å². The lowest BCUT2D eigenvalue weighted by atomic mass is 10.3. The largest absolute Gasteiger partial charge is 0.480 e. The highest BCUT2D eigenvalue weighted by atomic mass is 16.4. The van der Waals surface area contributed by atoms with Gasteiger partial charge in [0.1, 0.15) is 13.1 Å². The number of unbranched alkanes of at least 4 members (excludes halogenated alkanes) is 1. The van der Waals surface area contributed by atoms with Gasteiger partial charge in [0.2, 0.25) is 5.91 Å². The number of carbonyl (C=O) groups is 3. The molecule has 0 aliphatic carbocycles. The van der Waals surface area contributed by atoms with Crippen molar-refractivity contribution >= 4 is 17.9 Å². The number of nitrogens with zero attached hydrogens (tertiary/aromatic N) is 2. The zero-order valence-electron chi connectivity index (χ0n) is 8.60. The van der Waals surface area contributed by atoms with Crippen LogP contribution < -0.4 is 0 Å². The predicted octanol–water partition coefficient (Wildman–Crippen LogP) is 0.135. The fourth-order valence-corrected chi connectivity index (χ4v) is 1.42. The van der Waals surface area contributed by atoms with Crippen LogP contribution in [0.5, 0.6) is 0 Å². The van der Waals surface area contributed by atoms with E-state index >= 15 is 0 Å². The van der Waals surface area contributed by atoms with Crippen molar-refractivity contribution in [2.45, 2.75) is 19.8 Å². The molecule has 6 nitrogen and oxygen atoms in total. The van der Waals surface area contributed by atoms with Crippen LogP contribution in [0.15, 0.2) is 0 Å². The summed E-state index contributed by atoms with van der Waals surface area (Å²) in [7, 11) is 0. The minimum Gasteiger partial charge on any atom is -0.480 e. The predicted molar refractivity (Wildman–Crippen MR) is 51.2 cm³/mol. The Labute approximate surface area is 87.5 Å². The third-order valence-corrected chi connectivity index (χ3v) is 2.19. The topological polar surface area (TPSA) is 77.9 Å². The SMILES string of the molecule is CCCCN1C(=O)CN(CC(=O)O)C1=O. The lowest BCUT2D eigenvalue weighted by Gasteiger charge is -2.14. The molecule has 0 aromatic carbocycles. The highest BCUT2D eigenvalue weighted by Gasteiger charge is 2.36. The summed E-state index contributed by atoms with van der Waals surface area (Å²) in [6.45, 7) is 1.81. The first-order valence-corrected chi connectivity index (χ1v) is 4.87. The van der Waals surface area contributed by atoms with Crippen LogP contribution in [0.3, 0.4) is 0 Å². The Morgan fingerprint density at radius 1 is 1.47 bits per heavy atom. The van der Waals surface area contributed by atoms with Gasteiger partial charge in [0, 0.05) is 6.54 Å². The number of carboxylic acids is 1. The van der Waals surface area contributed by atoms with E-state index < -0.39 is 18.5 Å². The van der Waals surface area contributed by atoms with Gasteiger partial charge in [-0.2, -0.15) is 0 Å². The average molecular weight is 214 g/mol. The molecule has 1 N–H and O–H groups in total. The van der Waals surface area contributed by atoms with Crippen LogP contribution in [0.25, 0.3) is 0 Å². The molecular weight excluding hydrogens is 200 g/mol. The maximum absolute atomic E-state index is 11.5. The summed E-state index contributed by atoms with van der Waals surface area (Å²) in [5.41, 5.74) is 0. The van der Waals surface area contributed by atoms with E-state index in [1.807, 2.05) is 6.92 Å². The van der Waals surface area contributed by atoms with E-state index in [1.165, 1.54) is 0 Å². The molecule has 0 spiro atoms.